The van der Waals surface area contributed by atoms with Gasteiger partial charge in [0.05, 0.1) is 18.1 Å². The summed E-state index contributed by atoms with van der Waals surface area (Å²) >= 11 is 0. The maximum absolute atomic E-state index is 12.0. The van der Waals surface area contributed by atoms with Gasteiger partial charge in [-0.05, 0) is 47.9 Å². The van der Waals surface area contributed by atoms with Gasteiger partial charge in [-0.25, -0.2) is 13.4 Å². The highest BCUT2D eigenvalue weighted by Gasteiger charge is 2.12. The van der Waals surface area contributed by atoms with Crippen LogP contribution >= 0.6 is 0 Å². The van der Waals surface area contributed by atoms with Gasteiger partial charge in [-0.15, -0.1) is 0 Å². The summed E-state index contributed by atoms with van der Waals surface area (Å²) in [5.41, 5.74) is 4.21. The van der Waals surface area contributed by atoms with Crippen molar-refractivity contribution in [1.82, 2.24) is 10.3 Å². The van der Waals surface area contributed by atoms with Crippen LogP contribution in [0.25, 0.3) is 0 Å². The number of methoxy groups -OCH3 is 1. The zero-order valence-corrected chi connectivity index (χ0v) is 15.1. The molecule has 134 valence electrons. The average molecular weight is 361 g/mol. The van der Waals surface area contributed by atoms with Crippen molar-refractivity contribution < 1.29 is 13.2 Å². The van der Waals surface area contributed by atoms with E-state index in [1.54, 1.807) is 0 Å². The number of aromatic nitrogens is 1. The highest BCUT2D eigenvalue weighted by molar-refractivity contribution is 7.90. The Balaban J connectivity index is 1.65. The van der Waals surface area contributed by atoms with E-state index in [0.29, 0.717) is 0 Å². The lowest BCUT2D eigenvalue weighted by atomic mass is 10.0. The molecule has 2 N–H and O–H groups in total. The number of nitrogens with zero attached hydrogens (tertiary/aromatic N) is 1. The standard InChI is InChI=1S/C18H23N3O3S/c1-24-8-9-25(22,23)13-14-2-4-17(5-3-14)21-18-10-16-11-19-7-6-15(16)12-20-18/h2-5,10,12,19H,6-9,11,13H2,1H3,(H,20,21). The van der Waals surface area contributed by atoms with Gasteiger partial charge in [-0.3, -0.25) is 0 Å². The molecule has 1 aromatic heterocycles. The molecule has 2 heterocycles. The summed E-state index contributed by atoms with van der Waals surface area (Å²) in [5.74, 6) is 0.860. The molecule has 0 saturated carbocycles. The van der Waals surface area contributed by atoms with Crippen molar-refractivity contribution in [2.45, 2.75) is 18.7 Å². The third-order valence-corrected chi connectivity index (χ3v) is 5.74. The van der Waals surface area contributed by atoms with Gasteiger partial charge in [0.15, 0.2) is 9.84 Å². The first-order chi connectivity index (χ1) is 12.1. The highest BCUT2D eigenvalue weighted by atomic mass is 32.2. The Bertz CT molecular complexity index is 820. The maximum atomic E-state index is 12.0. The molecule has 0 bridgehead atoms. The first-order valence-electron chi connectivity index (χ1n) is 8.29. The molecule has 2 aromatic rings. The van der Waals surface area contributed by atoms with Gasteiger partial charge in [-0.2, -0.15) is 0 Å². The van der Waals surface area contributed by atoms with Crippen molar-refractivity contribution in [3.8, 4) is 0 Å². The molecule has 3 rings (SSSR count). The van der Waals surface area contributed by atoms with Crippen LogP contribution in [-0.4, -0.2) is 39.4 Å². The van der Waals surface area contributed by atoms with Gasteiger partial charge < -0.3 is 15.4 Å². The highest BCUT2D eigenvalue weighted by Crippen LogP contribution is 2.20. The molecule has 1 aliphatic rings. The van der Waals surface area contributed by atoms with Crippen molar-refractivity contribution in [2.24, 2.45) is 0 Å². The maximum Gasteiger partial charge on any atom is 0.156 e. The molecule has 1 aliphatic heterocycles. The Labute approximate surface area is 148 Å². The van der Waals surface area contributed by atoms with Crippen molar-refractivity contribution in [1.29, 1.82) is 0 Å². The van der Waals surface area contributed by atoms with Gasteiger partial charge in [0.1, 0.15) is 5.82 Å². The number of nitrogens with one attached hydrogen (secondary N) is 2. The van der Waals surface area contributed by atoms with Gasteiger partial charge >= 0.3 is 0 Å². The van der Waals surface area contributed by atoms with Gasteiger partial charge in [0, 0.05) is 25.5 Å². The molecule has 7 heteroatoms. The van der Waals surface area contributed by atoms with Crippen LogP contribution in [0.15, 0.2) is 36.5 Å². The van der Waals surface area contributed by atoms with Crippen LogP contribution in [0.3, 0.4) is 0 Å². The molecule has 0 spiro atoms. The van der Waals surface area contributed by atoms with Crippen molar-refractivity contribution in [3.05, 3.63) is 53.2 Å². The first kappa shape index (κ1) is 17.8. The summed E-state index contributed by atoms with van der Waals surface area (Å²) < 4.78 is 28.8. The van der Waals surface area contributed by atoms with Crippen LogP contribution in [0, 0.1) is 0 Å². The van der Waals surface area contributed by atoms with Crippen molar-refractivity contribution in [2.75, 3.05) is 31.3 Å². The molecular formula is C18H23N3O3S. The predicted molar refractivity (Wildman–Crippen MR) is 98.7 cm³/mol. The molecule has 0 unspecified atom stereocenters. The van der Waals surface area contributed by atoms with E-state index in [1.165, 1.54) is 18.2 Å². The fourth-order valence-electron chi connectivity index (χ4n) is 2.80. The lowest BCUT2D eigenvalue weighted by Gasteiger charge is -2.17. The number of hydrogen-bond donors (Lipinski definition) is 2. The molecule has 0 atom stereocenters. The van der Waals surface area contributed by atoms with Crippen LogP contribution < -0.4 is 10.6 Å². The molecule has 0 radical (unpaired) electrons. The Morgan fingerprint density at radius 2 is 2.04 bits per heavy atom. The lowest BCUT2D eigenvalue weighted by Crippen LogP contribution is -2.23. The number of benzene rings is 1. The number of fused-ring (bicyclic) bond motifs is 1. The Hall–Kier alpha value is -1.96. The Morgan fingerprint density at radius 1 is 1.24 bits per heavy atom. The number of pyridine rings is 1. The molecular weight excluding hydrogens is 338 g/mol. The van der Waals surface area contributed by atoms with Gasteiger partial charge in [0.2, 0.25) is 0 Å². The van der Waals surface area contributed by atoms with Crippen LogP contribution in [0.1, 0.15) is 16.7 Å². The zero-order valence-electron chi connectivity index (χ0n) is 14.3. The monoisotopic (exact) mass is 361 g/mol. The topological polar surface area (TPSA) is 80.3 Å². The lowest BCUT2D eigenvalue weighted by molar-refractivity contribution is 0.217. The molecule has 1 aromatic carbocycles. The third kappa shape index (κ3) is 5.01. The fraction of sp³-hybridized carbons (Fsp3) is 0.389. The molecule has 0 fully saturated rings. The van der Waals surface area contributed by atoms with E-state index in [-0.39, 0.29) is 18.1 Å². The summed E-state index contributed by atoms with van der Waals surface area (Å²) in [6.07, 6.45) is 2.93. The second kappa shape index (κ2) is 7.95. The normalized spacial score (nSPS) is 14.1. The second-order valence-electron chi connectivity index (χ2n) is 6.17. The minimum Gasteiger partial charge on any atom is -0.384 e. The first-order valence-corrected chi connectivity index (χ1v) is 10.1. The summed E-state index contributed by atoms with van der Waals surface area (Å²) in [6, 6.07) is 9.46. The van der Waals surface area contributed by atoms with Crippen LogP contribution in [0.5, 0.6) is 0 Å². The number of ether oxygens (including phenoxy) is 1. The van der Waals surface area contributed by atoms with E-state index in [9.17, 15) is 8.42 Å². The predicted octanol–water partition coefficient (Wildman–Crippen LogP) is 2.03. The van der Waals surface area contributed by atoms with E-state index >= 15 is 0 Å². The van der Waals surface area contributed by atoms with Crippen molar-refractivity contribution in [3.63, 3.8) is 0 Å². The molecule has 6 nitrogen and oxygen atoms in total. The van der Waals surface area contributed by atoms with E-state index < -0.39 is 9.84 Å². The quantitative estimate of drug-likeness (QED) is 0.785. The largest absolute Gasteiger partial charge is 0.384 e. The zero-order chi connectivity index (χ0) is 17.7. The van der Waals surface area contributed by atoms with E-state index in [0.717, 1.165) is 36.6 Å². The van der Waals surface area contributed by atoms with E-state index in [1.807, 2.05) is 30.5 Å². The minimum absolute atomic E-state index is 0.0272. The van der Waals surface area contributed by atoms with Crippen molar-refractivity contribution >= 4 is 21.3 Å². The third-order valence-electron chi connectivity index (χ3n) is 4.18. The number of hydrogen-bond acceptors (Lipinski definition) is 6. The molecule has 25 heavy (non-hydrogen) atoms. The summed E-state index contributed by atoms with van der Waals surface area (Å²) in [7, 11) is -1.64. The molecule has 0 amide bonds. The van der Waals surface area contributed by atoms with Crippen LogP contribution in [0.4, 0.5) is 11.5 Å². The minimum atomic E-state index is -3.14. The number of anilines is 2. The number of sulfone groups is 1. The Morgan fingerprint density at radius 3 is 2.80 bits per heavy atom. The SMILES string of the molecule is COCCS(=O)(=O)Cc1ccc(Nc2cc3c(cn2)CCNC3)cc1. The summed E-state index contributed by atoms with van der Waals surface area (Å²) in [4.78, 5) is 4.45. The van der Waals surface area contributed by atoms with Gasteiger partial charge in [0.25, 0.3) is 0 Å². The molecule has 0 saturated heterocycles. The van der Waals surface area contributed by atoms with Crippen LogP contribution in [0.2, 0.25) is 0 Å². The summed E-state index contributed by atoms with van der Waals surface area (Å²) in [5, 5.41) is 6.62. The average Bonchev–Trinajstić information content (AvgIpc) is 2.61. The Kier molecular flexibility index (Phi) is 5.67. The van der Waals surface area contributed by atoms with E-state index in [2.05, 4.69) is 21.7 Å². The van der Waals surface area contributed by atoms with Gasteiger partial charge in [-0.1, -0.05) is 12.1 Å². The smallest absolute Gasteiger partial charge is 0.156 e. The van der Waals surface area contributed by atoms with Crippen LogP contribution in [-0.2, 0) is 33.3 Å². The van der Waals surface area contributed by atoms with E-state index in [4.69, 9.17) is 4.74 Å². The fourth-order valence-corrected chi connectivity index (χ4v) is 4.06. The molecule has 0 aliphatic carbocycles. The summed E-state index contributed by atoms with van der Waals surface area (Å²) in [6.45, 7) is 2.09. The number of rotatable bonds is 7. The second-order valence-corrected chi connectivity index (χ2v) is 8.36.